The fourth-order valence-corrected chi connectivity index (χ4v) is 3.71. The molecule has 146 valence electrons. The first-order valence-electron chi connectivity index (χ1n) is 8.63. The molecule has 0 spiro atoms. The maximum Gasteiger partial charge on any atom is 0.255 e. The van der Waals surface area contributed by atoms with Crippen LogP contribution in [0.5, 0.6) is 11.5 Å². The third-order valence-corrected chi connectivity index (χ3v) is 5.17. The molecule has 0 aliphatic rings. The summed E-state index contributed by atoms with van der Waals surface area (Å²) in [4.78, 5) is 12.6. The van der Waals surface area contributed by atoms with Crippen LogP contribution in [0.1, 0.15) is 30.6 Å². The van der Waals surface area contributed by atoms with Gasteiger partial charge < -0.3 is 14.8 Å². The molecule has 2 aromatic rings. The zero-order valence-corrected chi connectivity index (χ0v) is 16.4. The molecule has 0 unspecified atom stereocenters. The summed E-state index contributed by atoms with van der Waals surface area (Å²) in [5.74, 6) is 0.265. The monoisotopic (exact) mass is 392 g/mol. The molecule has 0 bridgehead atoms. The highest BCUT2D eigenvalue weighted by atomic mass is 32.2. The Morgan fingerprint density at radius 1 is 1.07 bits per heavy atom. The molecule has 27 heavy (non-hydrogen) atoms. The lowest BCUT2D eigenvalue weighted by molar-refractivity contribution is 0.102. The smallest absolute Gasteiger partial charge is 0.255 e. The summed E-state index contributed by atoms with van der Waals surface area (Å²) in [6.45, 7) is 4.46. The number of ether oxygens (including phenoxy) is 2. The van der Waals surface area contributed by atoms with Crippen molar-refractivity contribution in [2.45, 2.75) is 25.2 Å². The second-order valence-electron chi connectivity index (χ2n) is 5.65. The largest absolute Gasteiger partial charge is 0.495 e. The van der Waals surface area contributed by atoms with Gasteiger partial charge in [0.15, 0.2) is 0 Å². The van der Waals surface area contributed by atoms with Crippen molar-refractivity contribution in [3.63, 3.8) is 0 Å². The molecule has 2 N–H and O–H groups in total. The number of para-hydroxylation sites is 2. The molecule has 0 radical (unpaired) electrons. The van der Waals surface area contributed by atoms with E-state index in [0.29, 0.717) is 31.0 Å². The number of hydrogen-bond donors (Lipinski definition) is 2. The SMILES string of the molecule is CCCNS(=O)(=O)c1cc(C(=O)Nc2ccccc2OCC)ccc1OC. The van der Waals surface area contributed by atoms with Gasteiger partial charge in [0.05, 0.1) is 19.4 Å². The summed E-state index contributed by atoms with van der Waals surface area (Å²) in [6.07, 6.45) is 0.649. The Kier molecular flexibility index (Phi) is 7.20. The molecule has 0 aliphatic carbocycles. The Hall–Kier alpha value is -2.58. The standard InChI is InChI=1S/C19H24N2O5S/c1-4-12-20-27(23,24)18-13-14(10-11-17(18)25-3)19(22)21-15-8-6-7-9-16(15)26-5-2/h6-11,13,20H,4-5,12H2,1-3H3,(H,21,22). The van der Waals surface area contributed by atoms with Crippen molar-refractivity contribution in [2.24, 2.45) is 0 Å². The average Bonchev–Trinajstić information content (AvgIpc) is 2.67. The highest BCUT2D eigenvalue weighted by molar-refractivity contribution is 7.89. The third-order valence-electron chi connectivity index (χ3n) is 3.69. The van der Waals surface area contributed by atoms with Crippen molar-refractivity contribution in [1.82, 2.24) is 4.72 Å². The third kappa shape index (κ3) is 5.21. The van der Waals surface area contributed by atoms with Crippen molar-refractivity contribution in [3.8, 4) is 11.5 Å². The van der Waals surface area contributed by atoms with Crippen LogP contribution in [0.4, 0.5) is 5.69 Å². The maximum absolute atomic E-state index is 12.6. The van der Waals surface area contributed by atoms with Crippen molar-refractivity contribution >= 4 is 21.6 Å². The molecular formula is C19H24N2O5S. The molecule has 2 aromatic carbocycles. The van der Waals surface area contributed by atoms with E-state index in [4.69, 9.17) is 9.47 Å². The molecular weight excluding hydrogens is 368 g/mol. The van der Waals surface area contributed by atoms with Crippen LogP contribution in [0.3, 0.4) is 0 Å². The molecule has 0 aromatic heterocycles. The molecule has 0 atom stereocenters. The molecule has 0 heterocycles. The molecule has 0 saturated heterocycles. The highest BCUT2D eigenvalue weighted by Gasteiger charge is 2.21. The van der Waals surface area contributed by atoms with Gasteiger partial charge in [-0.25, -0.2) is 13.1 Å². The maximum atomic E-state index is 12.6. The molecule has 0 fully saturated rings. The molecule has 0 aliphatic heterocycles. The van der Waals surface area contributed by atoms with Gasteiger partial charge in [-0.15, -0.1) is 0 Å². The van der Waals surface area contributed by atoms with Crippen LogP contribution in [0.15, 0.2) is 47.4 Å². The average molecular weight is 392 g/mol. The number of nitrogens with one attached hydrogen (secondary N) is 2. The summed E-state index contributed by atoms with van der Waals surface area (Å²) in [7, 11) is -2.41. The van der Waals surface area contributed by atoms with Gasteiger partial charge in [-0.3, -0.25) is 4.79 Å². The number of anilines is 1. The predicted molar refractivity (Wildman–Crippen MR) is 104 cm³/mol. The second-order valence-corrected chi connectivity index (χ2v) is 7.38. The lowest BCUT2D eigenvalue weighted by Gasteiger charge is -2.14. The number of rotatable bonds is 9. The minimum Gasteiger partial charge on any atom is -0.495 e. The number of methoxy groups -OCH3 is 1. The minimum atomic E-state index is -3.79. The van der Waals surface area contributed by atoms with Gasteiger partial charge in [0.2, 0.25) is 10.0 Å². The normalized spacial score (nSPS) is 11.1. The zero-order chi connectivity index (χ0) is 19.9. The van der Waals surface area contributed by atoms with Crippen LogP contribution in [0, 0.1) is 0 Å². The Morgan fingerprint density at radius 2 is 1.81 bits per heavy atom. The van der Waals surface area contributed by atoms with Crippen LogP contribution in [0.2, 0.25) is 0 Å². The Balaban J connectivity index is 2.34. The summed E-state index contributed by atoms with van der Waals surface area (Å²) in [5.41, 5.74) is 0.702. The van der Waals surface area contributed by atoms with Gasteiger partial charge in [0, 0.05) is 12.1 Å². The van der Waals surface area contributed by atoms with E-state index in [9.17, 15) is 13.2 Å². The van der Waals surface area contributed by atoms with Gasteiger partial charge in [0.25, 0.3) is 5.91 Å². The fraction of sp³-hybridized carbons (Fsp3) is 0.316. The first-order valence-corrected chi connectivity index (χ1v) is 10.1. The van der Waals surface area contributed by atoms with Gasteiger partial charge >= 0.3 is 0 Å². The van der Waals surface area contributed by atoms with Crippen molar-refractivity contribution in [1.29, 1.82) is 0 Å². The van der Waals surface area contributed by atoms with Crippen LogP contribution >= 0.6 is 0 Å². The van der Waals surface area contributed by atoms with Crippen LogP contribution in [-0.4, -0.2) is 34.6 Å². The molecule has 1 amide bonds. The lowest BCUT2D eigenvalue weighted by atomic mass is 10.2. The number of carbonyl (C=O) groups is 1. The highest BCUT2D eigenvalue weighted by Crippen LogP contribution is 2.27. The molecule has 7 nitrogen and oxygen atoms in total. The topological polar surface area (TPSA) is 93.7 Å². The lowest BCUT2D eigenvalue weighted by Crippen LogP contribution is -2.25. The first-order chi connectivity index (χ1) is 12.9. The Labute approximate surface area is 159 Å². The Morgan fingerprint density at radius 3 is 2.48 bits per heavy atom. The zero-order valence-electron chi connectivity index (χ0n) is 15.6. The molecule has 0 saturated carbocycles. The van der Waals surface area contributed by atoms with Gasteiger partial charge in [-0.1, -0.05) is 19.1 Å². The van der Waals surface area contributed by atoms with E-state index in [1.165, 1.54) is 25.3 Å². The van der Waals surface area contributed by atoms with Crippen LogP contribution in [0.25, 0.3) is 0 Å². The first kappa shape index (κ1) is 20.7. The van der Waals surface area contributed by atoms with Crippen molar-refractivity contribution in [2.75, 3.05) is 25.6 Å². The number of amides is 1. The van der Waals surface area contributed by atoms with Crippen molar-refractivity contribution in [3.05, 3.63) is 48.0 Å². The minimum absolute atomic E-state index is 0.0795. The van der Waals surface area contributed by atoms with Gasteiger partial charge in [-0.05, 0) is 43.7 Å². The quantitative estimate of drug-likeness (QED) is 0.684. The van der Waals surface area contributed by atoms with E-state index in [1.807, 2.05) is 13.8 Å². The summed E-state index contributed by atoms with van der Waals surface area (Å²) in [6, 6.07) is 11.3. The van der Waals surface area contributed by atoms with Crippen LogP contribution in [-0.2, 0) is 10.0 Å². The van der Waals surface area contributed by atoms with Crippen molar-refractivity contribution < 1.29 is 22.7 Å². The number of sulfonamides is 1. The second kappa shape index (κ2) is 9.38. The fourth-order valence-electron chi connectivity index (χ4n) is 2.39. The van der Waals surface area contributed by atoms with Gasteiger partial charge in [-0.2, -0.15) is 0 Å². The number of hydrogen-bond acceptors (Lipinski definition) is 5. The van der Waals surface area contributed by atoms with E-state index in [0.717, 1.165) is 0 Å². The summed E-state index contributed by atoms with van der Waals surface area (Å²) in [5, 5.41) is 2.75. The summed E-state index contributed by atoms with van der Waals surface area (Å²) < 4.78 is 38.1. The van der Waals surface area contributed by atoms with E-state index in [-0.39, 0.29) is 16.2 Å². The molecule has 8 heteroatoms. The van der Waals surface area contributed by atoms with Crippen LogP contribution < -0.4 is 19.5 Å². The molecule has 2 rings (SSSR count). The predicted octanol–water partition coefficient (Wildman–Crippen LogP) is 3.03. The van der Waals surface area contributed by atoms with E-state index in [2.05, 4.69) is 10.0 Å². The van der Waals surface area contributed by atoms with E-state index >= 15 is 0 Å². The number of carbonyl (C=O) groups excluding carboxylic acids is 1. The Bertz CT molecular complexity index is 897. The van der Waals surface area contributed by atoms with E-state index in [1.54, 1.807) is 24.3 Å². The van der Waals surface area contributed by atoms with Gasteiger partial charge in [0.1, 0.15) is 16.4 Å². The van der Waals surface area contributed by atoms with E-state index < -0.39 is 15.9 Å². The summed E-state index contributed by atoms with van der Waals surface area (Å²) >= 11 is 0. The number of benzene rings is 2.